The van der Waals surface area contributed by atoms with Gasteiger partial charge in [-0.25, -0.2) is 0 Å². The number of nitrogen functional groups attached to an aromatic ring is 1. The Bertz CT molecular complexity index is 264. The van der Waals surface area contributed by atoms with Crippen LogP contribution in [0.4, 0.5) is 5.95 Å². The minimum Gasteiger partial charge on any atom is -0.659 e. The normalized spacial score (nSPS) is 9.60. The van der Waals surface area contributed by atoms with Crippen LogP contribution < -0.4 is 10.8 Å². The Morgan fingerprint density at radius 3 is 2.60 bits per heavy atom. The molecular weight excluding hydrogens is 144 g/mol. The predicted octanol–water partition coefficient (Wildman–Crippen LogP) is -2.47. The lowest BCUT2D eigenvalue weighted by molar-refractivity contribution is -0.728. The Morgan fingerprint density at radius 2 is 2.40 bits per heavy atom. The van der Waals surface area contributed by atoms with Gasteiger partial charge in [-0.1, -0.05) is 0 Å². The van der Waals surface area contributed by atoms with Crippen molar-refractivity contribution in [3.8, 4) is 0 Å². The van der Waals surface area contributed by atoms with Crippen molar-refractivity contribution in [2.45, 2.75) is 0 Å². The number of tetrazole rings is 1. The number of nitrogens with zero attached hydrogens (tertiary/aromatic N) is 5. The summed E-state index contributed by atoms with van der Waals surface area (Å²) in [7, 11) is 0. The van der Waals surface area contributed by atoms with Crippen molar-refractivity contribution in [2.75, 3.05) is 5.84 Å². The molecule has 1 rings (SSSR count). The van der Waals surface area contributed by atoms with E-state index in [1.165, 1.54) is 0 Å². The molecule has 0 bridgehead atoms. The Labute approximate surface area is 53.3 Å². The second-order valence-corrected chi connectivity index (χ2v) is 1.34. The fourth-order valence-electron chi connectivity index (χ4n) is 0.385. The zero-order valence-corrected chi connectivity index (χ0v) is 4.54. The molecule has 0 aliphatic rings. The topological polar surface area (TPSA) is 127 Å². The maximum Gasteiger partial charge on any atom is 0.522 e. The van der Waals surface area contributed by atoms with Gasteiger partial charge >= 0.3 is 5.95 Å². The number of rotatable bonds is 1. The molecule has 0 aliphatic heterocycles. The first-order valence-corrected chi connectivity index (χ1v) is 2.08. The van der Waals surface area contributed by atoms with Crippen LogP contribution in [0, 0.1) is 15.3 Å². The molecule has 54 valence electrons. The molecule has 1 aromatic heterocycles. The van der Waals surface area contributed by atoms with E-state index in [2.05, 4.69) is 10.3 Å². The molecule has 1 heterocycles. The monoisotopic (exact) mass is 146 g/mol. The SMILES string of the molecule is Nn1n[n+]([O-])nc1[N+](=O)[O-]. The summed E-state index contributed by atoms with van der Waals surface area (Å²) in [6.45, 7) is 0. The first kappa shape index (κ1) is 6.19. The summed E-state index contributed by atoms with van der Waals surface area (Å²) in [5, 5.41) is 25.6. The number of nitrogens with two attached hydrogens (primary N) is 1. The van der Waals surface area contributed by atoms with Gasteiger partial charge in [0.15, 0.2) is 0 Å². The van der Waals surface area contributed by atoms with Crippen LogP contribution in [0.25, 0.3) is 0 Å². The van der Waals surface area contributed by atoms with Gasteiger partial charge in [0, 0.05) is 9.75 Å². The van der Waals surface area contributed by atoms with Gasteiger partial charge in [-0.15, -0.1) is 0 Å². The van der Waals surface area contributed by atoms with Gasteiger partial charge in [0.05, 0.1) is 0 Å². The molecule has 0 radical (unpaired) electrons. The smallest absolute Gasteiger partial charge is 0.522 e. The minimum absolute atomic E-state index is 0.238. The maximum atomic E-state index is 10.1. The summed E-state index contributed by atoms with van der Waals surface area (Å²) < 4.78 is 0. The fraction of sp³-hybridized carbons (Fsp3) is 0. The Morgan fingerprint density at radius 1 is 1.80 bits per heavy atom. The first-order chi connectivity index (χ1) is 4.61. The van der Waals surface area contributed by atoms with Crippen LogP contribution in [0.2, 0.25) is 0 Å². The second-order valence-electron chi connectivity index (χ2n) is 1.34. The minimum atomic E-state index is -0.915. The summed E-state index contributed by atoms with van der Waals surface area (Å²) in [6, 6.07) is 0. The van der Waals surface area contributed by atoms with E-state index in [1.807, 2.05) is 0 Å². The van der Waals surface area contributed by atoms with Crippen LogP contribution in [-0.4, -0.2) is 20.0 Å². The van der Waals surface area contributed by atoms with E-state index in [0.29, 0.717) is 0 Å². The molecule has 0 fully saturated rings. The lowest BCUT2D eigenvalue weighted by Gasteiger charge is -1.85. The summed E-state index contributed by atoms with van der Waals surface area (Å²) in [4.78, 5) is 9.02. The molecule has 0 unspecified atom stereocenters. The van der Waals surface area contributed by atoms with E-state index in [9.17, 15) is 15.3 Å². The summed E-state index contributed by atoms with van der Waals surface area (Å²) >= 11 is 0. The average Bonchev–Trinajstić information content (AvgIpc) is 2.10. The van der Waals surface area contributed by atoms with Gasteiger partial charge in [0.25, 0.3) is 0 Å². The third kappa shape index (κ3) is 0.788. The van der Waals surface area contributed by atoms with E-state index in [0.717, 1.165) is 0 Å². The second kappa shape index (κ2) is 1.79. The lowest BCUT2D eigenvalue weighted by atomic mass is 11.1. The number of hydrogen-bond acceptors (Lipinski definition) is 6. The van der Waals surface area contributed by atoms with Gasteiger partial charge in [0.2, 0.25) is 0 Å². The summed E-state index contributed by atoms with van der Waals surface area (Å²) in [5.41, 5.74) is 0. The third-order valence-corrected chi connectivity index (χ3v) is 0.716. The summed E-state index contributed by atoms with van der Waals surface area (Å²) in [6.07, 6.45) is 0. The number of hydrogen-bond donors (Lipinski definition) is 1. The molecule has 0 amide bonds. The van der Waals surface area contributed by atoms with Crippen molar-refractivity contribution in [3.63, 3.8) is 0 Å². The largest absolute Gasteiger partial charge is 0.659 e. The quantitative estimate of drug-likeness (QED) is 0.154. The van der Waals surface area contributed by atoms with Gasteiger partial charge < -0.3 is 15.3 Å². The van der Waals surface area contributed by atoms with Gasteiger partial charge in [-0.05, 0) is 4.92 Å². The molecule has 0 atom stereocenters. The average molecular weight is 146 g/mol. The van der Waals surface area contributed by atoms with Crippen LogP contribution >= 0.6 is 0 Å². The number of nitro groups is 1. The molecule has 0 aliphatic carbocycles. The molecule has 0 spiro atoms. The summed E-state index contributed by atoms with van der Waals surface area (Å²) in [5.74, 6) is 4.03. The molecular formula is CH2N6O3. The molecule has 2 N–H and O–H groups in total. The predicted molar refractivity (Wildman–Crippen MR) is 25.8 cm³/mol. The molecule has 9 heteroatoms. The standard InChI is InChI=1S/CH2N6O3/c2-5-1(6(8)9)3-7(10)4-5/h2H2. The van der Waals surface area contributed by atoms with Crippen LogP contribution in [0.1, 0.15) is 0 Å². The van der Waals surface area contributed by atoms with Crippen molar-refractivity contribution >= 4 is 5.95 Å². The fourth-order valence-corrected chi connectivity index (χ4v) is 0.385. The van der Waals surface area contributed by atoms with Crippen LogP contribution in [0.3, 0.4) is 0 Å². The van der Waals surface area contributed by atoms with E-state index in [1.54, 1.807) is 0 Å². The van der Waals surface area contributed by atoms with E-state index >= 15 is 0 Å². The van der Waals surface area contributed by atoms with Crippen LogP contribution in [0.5, 0.6) is 0 Å². The molecule has 0 saturated carbocycles. The van der Waals surface area contributed by atoms with E-state index in [-0.39, 0.29) is 9.75 Å². The highest BCUT2D eigenvalue weighted by Crippen LogP contribution is 1.94. The van der Waals surface area contributed by atoms with Gasteiger partial charge in [-0.3, -0.25) is 5.84 Å². The highest BCUT2D eigenvalue weighted by Gasteiger charge is 2.18. The Hall–Kier alpha value is -1.93. The number of aromatic nitrogens is 4. The highest BCUT2D eigenvalue weighted by molar-refractivity contribution is 4.94. The zero-order valence-electron chi connectivity index (χ0n) is 4.54. The Kier molecular flexibility index (Phi) is 1.11. The third-order valence-electron chi connectivity index (χ3n) is 0.716. The van der Waals surface area contributed by atoms with Crippen molar-refractivity contribution in [1.82, 2.24) is 15.1 Å². The van der Waals surface area contributed by atoms with E-state index < -0.39 is 10.9 Å². The molecule has 0 saturated heterocycles. The molecule has 0 aromatic carbocycles. The highest BCUT2D eigenvalue weighted by atomic mass is 16.6. The Balaban J connectivity index is 3.15. The van der Waals surface area contributed by atoms with Crippen LogP contribution in [0.15, 0.2) is 0 Å². The maximum absolute atomic E-state index is 10.1. The van der Waals surface area contributed by atoms with Crippen molar-refractivity contribution in [1.29, 1.82) is 0 Å². The van der Waals surface area contributed by atoms with Gasteiger partial charge in [-0.2, -0.15) is 0 Å². The van der Waals surface area contributed by atoms with Crippen molar-refractivity contribution in [3.05, 3.63) is 15.3 Å². The lowest BCUT2D eigenvalue weighted by Crippen LogP contribution is -2.33. The molecule has 9 nitrogen and oxygen atoms in total. The van der Waals surface area contributed by atoms with E-state index in [4.69, 9.17) is 5.84 Å². The molecule has 10 heavy (non-hydrogen) atoms. The first-order valence-electron chi connectivity index (χ1n) is 2.08. The molecule has 1 aromatic rings. The zero-order chi connectivity index (χ0) is 7.72. The van der Waals surface area contributed by atoms with Crippen LogP contribution in [-0.2, 0) is 0 Å². The van der Waals surface area contributed by atoms with Crippen molar-refractivity contribution in [2.24, 2.45) is 0 Å². The van der Waals surface area contributed by atoms with Crippen molar-refractivity contribution < 1.29 is 9.88 Å². The van der Waals surface area contributed by atoms with Gasteiger partial charge in [0.1, 0.15) is 10.3 Å².